The van der Waals surface area contributed by atoms with Crippen molar-refractivity contribution < 1.29 is 4.79 Å². The van der Waals surface area contributed by atoms with Crippen LogP contribution in [0.1, 0.15) is 30.9 Å². The molecule has 2 N–H and O–H groups in total. The van der Waals surface area contributed by atoms with Crippen LogP contribution in [-0.2, 0) is 17.8 Å². The van der Waals surface area contributed by atoms with Crippen molar-refractivity contribution >= 4 is 34.2 Å². The zero-order valence-electron chi connectivity index (χ0n) is 11.1. The molecule has 0 aromatic heterocycles. The fourth-order valence-electron chi connectivity index (χ4n) is 2.29. The minimum atomic E-state index is 0. The Kier molecular flexibility index (Phi) is 6.30. The molecule has 1 aliphatic heterocycles. The maximum absolute atomic E-state index is 12.1. The molecule has 1 heterocycles. The van der Waals surface area contributed by atoms with E-state index in [0.717, 1.165) is 30.4 Å². The SMILES string of the molecule is CC(N)CCC(=O)N1CCc2c(Br)cccc2C1.Cl. The fourth-order valence-corrected chi connectivity index (χ4v) is 2.89. The van der Waals surface area contributed by atoms with Crippen molar-refractivity contribution in [1.82, 2.24) is 4.90 Å². The molecule has 3 nitrogen and oxygen atoms in total. The Labute approximate surface area is 129 Å². The highest BCUT2D eigenvalue weighted by Crippen LogP contribution is 2.26. The van der Waals surface area contributed by atoms with E-state index in [1.165, 1.54) is 11.1 Å². The van der Waals surface area contributed by atoms with Crippen LogP contribution < -0.4 is 5.73 Å². The summed E-state index contributed by atoms with van der Waals surface area (Å²) in [6.45, 7) is 3.48. The Morgan fingerprint density at radius 3 is 2.95 bits per heavy atom. The first kappa shape index (κ1) is 16.5. The van der Waals surface area contributed by atoms with Crippen LogP contribution in [0.5, 0.6) is 0 Å². The lowest BCUT2D eigenvalue weighted by Crippen LogP contribution is -2.36. The van der Waals surface area contributed by atoms with Gasteiger partial charge in [-0.1, -0.05) is 28.1 Å². The van der Waals surface area contributed by atoms with E-state index in [9.17, 15) is 4.79 Å². The molecule has 0 aliphatic carbocycles. The molecule has 0 saturated heterocycles. The van der Waals surface area contributed by atoms with Crippen LogP contribution in [0.3, 0.4) is 0 Å². The number of amides is 1. The van der Waals surface area contributed by atoms with Crippen LogP contribution in [0.2, 0.25) is 0 Å². The van der Waals surface area contributed by atoms with Crippen LogP contribution in [0.25, 0.3) is 0 Å². The highest BCUT2D eigenvalue weighted by atomic mass is 79.9. The Hall–Kier alpha value is -0.580. The first-order valence-corrected chi connectivity index (χ1v) is 7.17. The van der Waals surface area contributed by atoms with Gasteiger partial charge in [0.05, 0.1) is 0 Å². The van der Waals surface area contributed by atoms with Crippen LogP contribution >= 0.6 is 28.3 Å². The standard InChI is InChI=1S/C14H19BrN2O.ClH/c1-10(16)5-6-14(18)17-8-7-12-11(9-17)3-2-4-13(12)15;/h2-4,10H,5-9,16H2,1H3;1H. The first-order chi connectivity index (χ1) is 8.58. The largest absolute Gasteiger partial charge is 0.338 e. The zero-order valence-corrected chi connectivity index (χ0v) is 13.5. The number of carbonyl (C=O) groups excluding carboxylic acids is 1. The molecule has 106 valence electrons. The van der Waals surface area contributed by atoms with Crippen molar-refractivity contribution in [3.63, 3.8) is 0 Å². The summed E-state index contributed by atoms with van der Waals surface area (Å²) in [4.78, 5) is 14.0. The van der Waals surface area contributed by atoms with Crippen molar-refractivity contribution in [2.24, 2.45) is 5.73 Å². The van der Waals surface area contributed by atoms with E-state index in [0.29, 0.717) is 6.42 Å². The molecule has 1 aromatic carbocycles. The molecule has 1 atom stereocenters. The lowest BCUT2D eigenvalue weighted by Gasteiger charge is -2.29. The first-order valence-electron chi connectivity index (χ1n) is 6.37. The molecule has 2 rings (SSSR count). The average Bonchev–Trinajstić information content (AvgIpc) is 2.35. The summed E-state index contributed by atoms with van der Waals surface area (Å²) in [5.41, 5.74) is 8.29. The Balaban J connectivity index is 0.00000180. The van der Waals surface area contributed by atoms with Crippen LogP contribution in [0.4, 0.5) is 0 Å². The molecule has 1 aliphatic rings. The molecule has 1 amide bonds. The van der Waals surface area contributed by atoms with Gasteiger partial charge in [0.25, 0.3) is 0 Å². The van der Waals surface area contributed by atoms with E-state index >= 15 is 0 Å². The second-order valence-corrected chi connectivity index (χ2v) is 5.81. The number of benzene rings is 1. The van der Waals surface area contributed by atoms with Gasteiger partial charge in [-0.05, 0) is 37.0 Å². The number of rotatable bonds is 3. The minimum Gasteiger partial charge on any atom is -0.338 e. The van der Waals surface area contributed by atoms with E-state index in [4.69, 9.17) is 5.73 Å². The van der Waals surface area contributed by atoms with E-state index < -0.39 is 0 Å². The highest BCUT2D eigenvalue weighted by molar-refractivity contribution is 9.10. The summed E-state index contributed by atoms with van der Waals surface area (Å²) >= 11 is 3.57. The zero-order chi connectivity index (χ0) is 13.1. The van der Waals surface area contributed by atoms with Gasteiger partial charge in [-0.2, -0.15) is 0 Å². The van der Waals surface area contributed by atoms with E-state index in [1.54, 1.807) is 0 Å². The van der Waals surface area contributed by atoms with Crippen molar-refractivity contribution in [1.29, 1.82) is 0 Å². The second kappa shape index (κ2) is 7.27. The molecular weight excluding hydrogens is 328 g/mol. The van der Waals surface area contributed by atoms with Crippen molar-refractivity contribution in [3.8, 4) is 0 Å². The van der Waals surface area contributed by atoms with Crippen molar-refractivity contribution in [3.05, 3.63) is 33.8 Å². The van der Waals surface area contributed by atoms with Gasteiger partial charge in [0.15, 0.2) is 0 Å². The predicted octanol–water partition coefficient (Wildman–Crippen LogP) is 2.88. The smallest absolute Gasteiger partial charge is 0.222 e. The van der Waals surface area contributed by atoms with Gasteiger partial charge in [0.2, 0.25) is 5.91 Å². The summed E-state index contributed by atoms with van der Waals surface area (Å²) in [5.74, 6) is 0.220. The Bertz CT molecular complexity index is 451. The summed E-state index contributed by atoms with van der Waals surface area (Å²) in [6, 6.07) is 6.29. The molecule has 19 heavy (non-hydrogen) atoms. The minimum absolute atomic E-state index is 0. The lowest BCUT2D eigenvalue weighted by molar-refractivity contribution is -0.132. The highest BCUT2D eigenvalue weighted by Gasteiger charge is 2.21. The summed E-state index contributed by atoms with van der Waals surface area (Å²) in [7, 11) is 0. The Morgan fingerprint density at radius 1 is 1.53 bits per heavy atom. The third kappa shape index (κ3) is 4.20. The molecule has 0 radical (unpaired) electrons. The topological polar surface area (TPSA) is 46.3 Å². The Morgan fingerprint density at radius 2 is 2.26 bits per heavy atom. The number of halogens is 2. The number of nitrogens with two attached hydrogens (primary N) is 1. The van der Waals surface area contributed by atoms with E-state index in [-0.39, 0.29) is 24.4 Å². The number of hydrogen-bond donors (Lipinski definition) is 1. The molecule has 5 heteroatoms. The van der Waals surface area contributed by atoms with Gasteiger partial charge < -0.3 is 10.6 Å². The normalized spacial score (nSPS) is 15.4. The number of fused-ring (bicyclic) bond motifs is 1. The maximum atomic E-state index is 12.1. The van der Waals surface area contributed by atoms with Crippen LogP contribution in [0, 0.1) is 0 Å². The fraction of sp³-hybridized carbons (Fsp3) is 0.500. The van der Waals surface area contributed by atoms with Gasteiger partial charge in [0, 0.05) is 30.0 Å². The number of hydrogen-bond acceptors (Lipinski definition) is 2. The maximum Gasteiger partial charge on any atom is 0.222 e. The van der Waals surface area contributed by atoms with E-state index in [2.05, 4.69) is 28.1 Å². The van der Waals surface area contributed by atoms with Crippen LogP contribution in [0.15, 0.2) is 22.7 Å². The lowest BCUT2D eigenvalue weighted by atomic mass is 9.99. The van der Waals surface area contributed by atoms with Gasteiger partial charge >= 0.3 is 0 Å². The summed E-state index contributed by atoms with van der Waals surface area (Å²) < 4.78 is 1.16. The molecular formula is C14H20BrClN2O. The summed E-state index contributed by atoms with van der Waals surface area (Å²) in [6.07, 6.45) is 2.25. The van der Waals surface area contributed by atoms with Gasteiger partial charge in [0.1, 0.15) is 0 Å². The molecule has 0 saturated carbocycles. The number of carbonyl (C=O) groups is 1. The second-order valence-electron chi connectivity index (χ2n) is 4.96. The third-order valence-electron chi connectivity index (χ3n) is 3.38. The summed E-state index contributed by atoms with van der Waals surface area (Å²) in [5, 5.41) is 0. The van der Waals surface area contributed by atoms with Gasteiger partial charge in [-0.25, -0.2) is 0 Å². The van der Waals surface area contributed by atoms with Crippen molar-refractivity contribution in [2.75, 3.05) is 6.54 Å². The van der Waals surface area contributed by atoms with Gasteiger partial charge in [-0.15, -0.1) is 12.4 Å². The monoisotopic (exact) mass is 346 g/mol. The van der Waals surface area contributed by atoms with Crippen LogP contribution in [-0.4, -0.2) is 23.4 Å². The van der Waals surface area contributed by atoms with Gasteiger partial charge in [-0.3, -0.25) is 4.79 Å². The number of nitrogens with zero attached hydrogens (tertiary/aromatic N) is 1. The van der Waals surface area contributed by atoms with E-state index in [1.807, 2.05) is 17.9 Å². The quantitative estimate of drug-likeness (QED) is 0.914. The average molecular weight is 348 g/mol. The van der Waals surface area contributed by atoms with Crippen molar-refractivity contribution in [2.45, 2.75) is 38.8 Å². The third-order valence-corrected chi connectivity index (χ3v) is 4.12. The molecule has 0 fully saturated rings. The molecule has 1 aromatic rings. The predicted molar refractivity (Wildman–Crippen MR) is 83.4 cm³/mol. The molecule has 0 bridgehead atoms. The molecule has 0 spiro atoms. The molecule has 1 unspecified atom stereocenters.